The standard InChI is InChI=1S/C17H18N2O4/c1-10(16(20)11-3-5-12(22-2)6-4-11)18-17(21)14-9-15-13(19-14)7-8-23-15/h3-10,16,19-20H,1-2H3,(H,18,21). The average Bonchev–Trinajstić information content (AvgIpc) is 3.15. The first-order chi connectivity index (χ1) is 11.1. The minimum atomic E-state index is -0.817. The highest BCUT2D eigenvalue weighted by Gasteiger charge is 2.20. The van der Waals surface area contributed by atoms with Crippen molar-refractivity contribution in [1.29, 1.82) is 0 Å². The Labute approximate surface area is 133 Å². The van der Waals surface area contributed by atoms with E-state index < -0.39 is 12.1 Å². The van der Waals surface area contributed by atoms with Crippen LogP contribution in [0.4, 0.5) is 0 Å². The highest BCUT2D eigenvalue weighted by Crippen LogP contribution is 2.21. The Morgan fingerprint density at radius 2 is 2.04 bits per heavy atom. The van der Waals surface area contributed by atoms with Crippen molar-refractivity contribution < 1.29 is 19.1 Å². The topological polar surface area (TPSA) is 87.5 Å². The van der Waals surface area contributed by atoms with Gasteiger partial charge >= 0.3 is 0 Å². The van der Waals surface area contributed by atoms with Gasteiger partial charge in [0.25, 0.3) is 5.91 Å². The number of methoxy groups -OCH3 is 1. The molecule has 6 heteroatoms. The Bertz CT molecular complexity index is 775. The van der Waals surface area contributed by atoms with Gasteiger partial charge in [0.2, 0.25) is 0 Å². The molecule has 0 bridgehead atoms. The summed E-state index contributed by atoms with van der Waals surface area (Å²) < 4.78 is 10.3. The van der Waals surface area contributed by atoms with Gasteiger partial charge in [-0.2, -0.15) is 0 Å². The van der Waals surface area contributed by atoms with E-state index >= 15 is 0 Å². The molecular weight excluding hydrogens is 296 g/mol. The number of fused-ring (bicyclic) bond motifs is 1. The number of aromatic amines is 1. The summed E-state index contributed by atoms with van der Waals surface area (Å²) in [6.45, 7) is 1.75. The molecule has 2 aromatic heterocycles. The summed E-state index contributed by atoms with van der Waals surface area (Å²) in [7, 11) is 1.58. The number of benzene rings is 1. The third kappa shape index (κ3) is 3.07. The van der Waals surface area contributed by atoms with Gasteiger partial charge in [-0.3, -0.25) is 4.79 Å². The number of hydrogen-bond acceptors (Lipinski definition) is 4. The number of H-pyrrole nitrogens is 1. The van der Waals surface area contributed by atoms with Crippen molar-refractivity contribution in [1.82, 2.24) is 10.3 Å². The van der Waals surface area contributed by atoms with Crippen LogP contribution >= 0.6 is 0 Å². The number of aliphatic hydroxyl groups is 1. The lowest BCUT2D eigenvalue weighted by Crippen LogP contribution is -2.37. The van der Waals surface area contributed by atoms with Crippen molar-refractivity contribution in [3.63, 3.8) is 0 Å². The van der Waals surface area contributed by atoms with Crippen molar-refractivity contribution in [3.8, 4) is 5.75 Å². The number of aliphatic hydroxyl groups excluding tert-OH is 1. The van der Waals surface area contributed by atoms with Crippen molar-refractivity contribution in [3.05, 3.63) is 53.9 Å². The van der Waals surface area contributed by atoms with Crippen LogP contribution in [0.15, 0.2) is 47.1 Å². The molecule has 2 heterocycles. The number of furan rings is 1. The van der Waals surface area contributed by atoms with Crippen LogP contribution in [0.3, 0.4) is 0 Å². The zero-order chi connectivity index (χ0) is 16.4. The number of amides is 1. The first kappa shape index (κ1) is 15.2. The molecule has 3 N–H and O–H groups in total. The molecule has 2 atom stereocenters. The Balaban J connectivity index is 1.68. The molecule has 0 saturated heterocycles. The summed E-state index contributed by atoms with van der Waals surface area (Å²) in [4.78, 5) is 15.2. The molecule has 0 fully saturated rings. The molecule has 0 radical (unpaired) electrons. The number of carbonyl (C=O) groups is 1. The number of nitrogens with one attached hydrogen (secondary N) is 2. The Morgan fingerprint density at radius 3 is 2.70 bits per heavy atom. The van der Waals surface area contributed by atoms with E-state index in [1.165, 1.54) is 0 Å². The van der Waals surface area contributed by atoms with E-state index in [1.54, 1.807) is 56.7 Å². The molecule has 0 aliphatic carbocycles. The molecule has 0 aliphatic rings. The van der Waals surface area contributed by atoms with E-state index in [4.69, 9.17) is 9.15 Å². The minimum absolute atomic E-state index is 0.295. The summed E-state index contributed by atoms with van der Waals surface area (Å²) in [5.74, 6) is 0.419. The fraction of sp³-hybridized carbons (Fsp3) is 0.235. The van der Waals surface area contributed by atoms with Gasteiger partial charge in [0.15, 0.2) is 5.58 Å². The Kier molecular flexibility index (Phi) is 4.08. The van der Waals surface area contributed by atoms with Gasteiger partial charge in [-0.15, -0.1) is 0 Å². The van der Waals surface area contributed by atoms with Gasteiger partial charge in [0.05, 0.1) is 31.0 Å². The molecule has 3 aromatic rings. The second-order valence-electron chi connectivity index (χ2n) is 5.36. The molecule has 0 aliphatic heterocycles. The molecule has 6 nitrogen and oxygen atoms in total. The molecular formula is C17H18N2O4. The van der Waals surface area contributed by atoms with Gasteiger partial charge in [-0.25, -0.2) is 0 Å². The van der Waals surface area contributed by atoms with Crippen molar-refractivity contribution in [2.24, 2.45) is 0 Å². The van der Waals surface area contributed by atoms with E-state index in [0.717, 1.165) is 5.52 Å². The van der Waals surface area contributed by atoms with Crippen LogP contribution < -0.4 is 10.1 Å². The molecule has 120 valence electrons. The van der Waals surface area contributed by atoms with Crippen molar-refractivity contribution in [2.75, 3.05) is 7.11 Å². The SMILES string of the molecule is COc1ccc(C(O)C(C)NC(=O)c2cc3occc3[nH]2)cc1. The zero-order valence-electron chi connectivity index (χ0n) is 12.9. The maximum absolute atomic E-state index is 12.2. The second kappa shape index (κ2) is 6.18. The summed E-state index contributed by atoms with van der Waals surface area (Å²) in [6.07, 6.45) is 0.738. The molecule has 2 unspecified atom stereocenters. The van der Waals surface area contributed by atoms with Gasteiger partial charge < -0.3 is 24.6 Å². The average molecular weight is 314 g/mol. The summed E-state index contributed by atoms with van der Waals surface area (Å²) in [5.41, 5.74) is 2.49. The number of aromatic nitrogens is 1. The third-order valence-electron chi connectivity index (χ3n) is 3.77. The Morgan fingerprint density at radius 1 is 1.30 bits per heavy atom. The van der Waals surface area contributed by atoms with Crippen LogP contribution in [-0.2, 0) is 0 Å². The maximum atomic E-state index is 12.2. The van der Waals surface area contributed by atoms with Gasteiger partial charge in [-0.05, 0) is 24.6 Å². The quantitative estimate of drug-likeness (QED) is 0.675. The lowest BCUT2D eigenvalue weighted by Gasteiger charge is -2.20. The van der Waals surface area contributed by atoms with E-state index in [0.29, 0.717) is 22.6 Å². The monoisotopic (exact) mass is 314 g/mol. The number of ether oxygens (including phenoxy) is 1. The summed E-state index contributed by atoms with van der Waals surface area (Å²) in [6, 6.07) is 10.0. The first-order valence-electron chi connectivity index (χ1n) is 7.27. The zero-order valence-corrected chi connectivity index (χ0v) is 12.9. The van der Waals surface area contributed by atoms with Crippen molar-refractivity contribution >= 4 is 17.0 Å². The van der Waals surface area contributed by atoms with Gasteiger partial charge in [0, 0.05) is 12.1 Å². The fourth-order valence-corrected chi connectivity index (χ4v) is 2.42. The van der Waals surface area contributed by atoms with Crippen LogP contribution in [0.5, 0.6) is 5.75 Å². The first-order valence-corrected chi connectivity index (χ1v) is 7.27. The molecule has 0 spiro atoms. The summed E-state index contributed by atoms with van der Waals surface area (Å²) >= 11 is 0. The van der Waals surface area contributed by atoms with Crippen LogP contribution in [0.1, 0.15) is 29.1 Å². The largest absolute Gasteiger partial charge is 0.497 e. The lowest BCUT2D eigenvalue weighted by atomic mass is 10.0. The highest BCUT2D eigenvalue weighted by atomic mass is 16.5. The predicted octanol–water partition coefficient (Wildman–Crippen LogP) is 2.62. The predicted molar refractivity (Wildman–Crippen MR) is 85.4 cm³/mol. The van der Waals surface area contributed by atoms with Crippen LogP contribution in [0.2, 0.25) is 0 Å². The van der Waals surface area contributed by atoms with Crippen LogP contribution in [-0.4, -0.2) is 29.1 Å². The number of rotatable bonds is 5. The summed E-state index contributed by atoms with van der Waals surface area (Å²) in [5, 5.41) is 13.1. The molecule has 0 saturated carbocycles. The second-order valence-corrected chi connectivity index (χ2v) is 5.36. The Hall–Kier alpha value is -2.73. The van der Waals surface area contributed by atoms with Crippen molar-refractivity contribution in [2.45, 2.75) is 19.1 Å². The normalized spacial score (nSPS) is 13.7. The molecule has 3 rings (SSSR count). The van der Waals surface area contributed by atoms with Crippen LogP contribution in [0.25, 0.3) is 11.1 Å². The maximum Gasteiger partial charge on any atom is 0.268 e. The smallest absolute Gasteiger partial charge is 0.268 e. The number of carbonyl (C=O) groups excluding carboxylic acids is 1. The third-order valence-corrected chi connectivity index (χ3v) is 3.77. The highest BCUT2D eigenvalue weighted by molar-refractivity contribution is 5.96. The fourth-order valence-electron chi connectivity index (χ4n) is 2.42. The van der Waals surface area contributed by atoms with Gasteiger partial charge in [0.1, 0.15) is 11.4 Å². The molecule has 23 heavy (non-hydrogen) atoms. The van der Waals surface area contributed by atoms with E-state index in [9.17, 15) is 9.90 Å². The molecule has 1 aromatic carbocycles. The lowest BCUT2D eigenvalue weighted by molar-refractivity contribution is 0.0848. The van der Waals surface area contributed by atoms with Crippen LogP contribution in [0, 0.1) is 0 Å². The van der Waals surface area contributed by atoms with E-state index in [1.807, 2.05) is 0 Å². The van der Waals surface area contributed by atoms with E-state index in [-0.39, 0.29) is 5.91 Å². The minimum Gasteiger partial charge on any atom is -0.497 e. The molecule has 1 amide bonds. The van der Waals surface area contributed by atoms with E-state index in [2.05, 4.69) is 10.3 Å². The van der Waals surface area contributed by atoms with Gasteiger partial charge in [-0.1, -0.05) is 12.1 Å². The number of hydrogen-bond donors (Lipinski definition) is 3.